The monoisotopic (exact) mass is 426 g/mol. The van der Waals surface area contributed by atoms with Crippen molar-refractivity contribution in [2.75, 3.05) is 16.3 Å². The molecule has 0 aliphatic heterocycles. The van der Waals surface area contributed by atoms with E-state index in [4.69, 9.17) is 0 Å². The van der Waals surface area contributed by atoms with Crippen molar-refractivity contribution in [3.05, 3.63) is 83.4 Å². The van der Waals surface area contributed by atoms with E-state index < -0.39 is 10.0 Å². The van der Waals surface area contributed by atoms with E-state index in [1.807, 2.05) is 43.5 Å². The van der Waals surface area contributed by atoms with Gasteiger partial charge in [0.1, 0.15) is 0 Å². The van der Waals surface area contributed by atoms with Crippen molar-refractivity contribution in [3.8, 4) is 0 Å². The number of carbonyl (C=O) groups is 1. The van der Waals surface area contributed by atoms with Gasteiger partial charge in [0, 0.05) is 21.8 Å². The molecule has 0 atom stereocenters. The molecule has 150 valence electrons. The number of amides is 1. The molecule has 0 heterocycles. The number of sulfonamides is 1. The number of anilines is 2. The second-order valence-corrected chi connectivity index (χ2v) is 9.17. The summed E-state index contributed by atoms with van der Waals surface area (Å²) in [6, 6.07) is 19.2. The average molecular weight is 427 g/mol. The van der Waals surface area contributed by atoms with Crippen LogP contribution in [0.5, 0.6) is 0 Å². The molecular formula is C22H22N2O3S2. The van der Waals surface area contributed by atoms with Gasteiger partial charge in [0.15, 0.2) is 0 Å². The van der Waals surface area contributed by atoms with E-state index in [1.54, 1.807) is 49.0 Å². The summed E-state index contributed by atoms with van der Waals surface area (Å²) < 4.78 is 28.3. The van der Waals surface area contributed by atoms with Crippen molar-refractivity contribution in [2.45, 2.75) is 23.6 Å². The number of hydrogen-bond donors (Lipinski definition) is 2. The average Bonchev–Trinajstić information content (AvgIpc) is 2.70. The molecule has 0 aliphatic carbocycles. The van der Waals surface area contributed by atoms with Gasteiger partial charge in [-0.25, -0.2) is 8.42 Å². The predicted octanol–water partition coefficient (Wildman–Crippen LogP) is 5.08. The molecule has 5 nitrogen and oxygen atoms in total. The summed E-state index contributed by atoms with van der Waals surface area (Å²) in [5.74, 6) is -0.366. The Kier molecular flexibility index (Phi) is 6.30. The molecule has 0 bridgehead atoms. The van der Waals surface area contributed by atoms with Crippen LogP contribution in [0.15, 0.2) is 76.5 Å². The molecular weight excluding hydrogens is 404 g/mol. The van der Waals surface area contributed by atoms with Gasteiger partial charge >= 0.3 is 0 Å². The number of hydrogen-bond acceptors (Lipinski definition) is 4. The summed E-state index contributed by atoms with van der Waals surface area (Å²) in [5, 5.41) is 2.82. The zero-order valence-electron chi connectivity index (χ0n) is 16.4. The van der Waals surface area contributed by atoms with Crippen LogP contribution < -0.4 is 10.0 Å². The summed E-state index contributed by atoms with van der Waals surface area (Å²) in [4.78, 5) is 13.8. The first-order valence-corrected chi connectivity index (χ1v) is 11.6. The first-order chi connectivity index (χ1) is 13.8. The molecule has 0 saturated heterocycles. The molecule has 0 aromatic heterocycles. The normalized spacial score (nSPS) is 11.1. The maximum absolute atomic E-state index is 12.9. The Morgan fingerprint density at radius 2 is 1.62 bits per heavy atom. The standard InChI is InChI=1S/C22H22N2O3S2/c1-15-7-11-18(12-8-15)24-29(26,27)21-13-17(10-9-16(21)2)22(25)23-19-5-4-6-20(14-19)28-3/h4-14,24H,1-3H3,(H,23,25). The van der Waals surface area contributed by atoms with Crippen LogP contribution >= 0.6 is 11.8 Å². The van der Waals surface area contributed by atoms with E-state index >= 15 is 0 Å². The van der Waals surface area contributed by atoms with E-state index in [0.717, 1.165) is 10.5 Å². The van der Waals surface area contributed by atoms with Gasteiger partial charge < -0.3 is 5.32 Å². The lowest BCUT2D eigenvalue weighted by Gasteiger charge is -2.13. The molecule has 0 fully saturated rings. The minimum atomic E-state index is -3.83. The van der Waals surface area contributed by atoms with E-state index in [9.17, 15) is 13.2 Å². The highest BCUT2D eigenvalue weighted by Gasteiger charge is 2.19. The number of benzene rings is 3. The number of thioether (sulfide) groups is 1. The largest absolute Gasteiger partial charge is 0.322 e. The van der Waals surface area contributed by atoms with Gasteiger partial charge in [0.05, 0.1) is 4.90 Å². The summed E-state index contributed by atoms with van der Waals surface area (Å²) >= 11 is 1.58. The van der Waals surface area contributed by atoms with Crippen LogP contribution in [0.1, 0.15) is 21.5 Å². The van der Waals surface area contributed by atoms with Gasteiger partial charge in [0.2, 0.25) is 0 Å². The Labute approximate surface area is 175 Å². The highest BCUT2D eigenvalue weighted by atomic mass is 32.2. The first kappa shape index (κ1) is 21.0. The van der Waals surface area contributed by atoms with Gasteiger partial charge in [-0.05, 0) is 68.1 Å². The Morgan fingerprint density at radius 1 is 0.897 bits per heavy atom. The highest BCUT2D eigenvalue weighted by molar-refractivity contribution is 7.98. The fraction of sp³-hybridized carbons (Fsp3) is 0.136. The third-order valence-corrected chi connectivity index (χ3v) is 6.62. The predicted molar refractivity (Wildman–Crippen MR) is 119 cm³/mol. The van der Waals surface area contributed by atoms with Gasteiger partial charge in [0.25, 0.3) is 15.9 Å². The lowest BCUT2D eigenvalue weighted by molar-refractivity contribution is 0.102. The molecule has 2 N–H and O–H groups in total. The fourth-order valence-corrected chi connectivity index (χ4v) is 4.56. The van der Waals surface area contributed by atoms with Crippen molar-refractivity contribution >= 4 is 39.1 Å². The van der Waals surface area contributed by atoms with Gasteiger partial charge in [-0.15, -0.1) is 11.8 Å². The SMILES string of the molecule is CSc1cccc(NC(=O)c2ccc(C)c(S(=O)(=O)Nc3ccc(C)cc3)c2)c1. The van der Waals surface area contributed by atoms with Crippen LogP contribution in [0, 0.1) is 13.8 Å². The minimum absolute atomic E-state index is 0.0728. The molecule has 7 heteroatoms. The smallest absolute Gasteiger partial charge is 0.262 e. The van der Waals surface area contributed by atoms with E-state index in [2.05, 4.69) is 10.0 Å². The second kappa shape index (κ2) is 8.71. The molecule has 0 aliphatic rings. The summed E-state index contributed by atoms with van der Waals surface area (Å²) in [6.45, 7) is 3.63. The van der Waals surface area contributed by atoms with Crippen LogP contribution in [-0.2, 0) is 10.0 Å². The molecule has 3 aromatic carbocycles. The van der Waals surface area contributed by atoms with Crippen molar-refractivity contribution < 1.29 is 13.2 Å². The topological polar surface area (TPSA) is 75.3 Å². The van der Waals surface area contributed by atoms with Gasteiger partial charge in [-0.1, -0.05) is 29.8 Å². The summed E-state index contributed by atoms with van der Waals surface area (Å²) in [7, 11) is -3.83. The maximum Gasteiger partial charge on any atom is 0.262 e. The van der Waals surface area contributed by atoms with Crippen molar-refractivity contribution in [1.29, 1.82) is 0 Å². The van der Waals surface area contributed by atoms with Crippen LogP contribution in [0.3, 0.4) is 0 Å². The molecule has 0 spiro atoms. The van der Waals surface area contributed by atoms with E-state index in [-0.39, 0.29) is 16.4 Å². The van der Waals surface area contributed by atoms with Gasteiger partial charge in [-0.3, -0.25) is 9.52 Å². The summed E-state index contributed by atoms with van der Waals surface area (Å²) in [5.41, 5.74) is 3.00. The highest BCUT2D eigenvalue weighted by Crippen LogP contribution is 2.23. The maximum atomic E-state index is 12.9. The van der Waals surface area contributed by atoms with Crippen molar-refractivity contribution in [2.24, 2.45) is 0 Å². The van der Waals surface area contributed by atoms with Crippen LogP contribution in [-0.4, -0.2) is 20.6 Å². The van der Waals surface area contributed by atoms with Crippen LogP contribution in [0.25, 0.3) is 0 Å². The quantitative estimate of drug-likeness (QED) is 0.539. The number of carbonyl (C=O) groups excluding carboxylic acids is 1. The van der Waals surface area contributed by atoms with E-state index in [0.29, 0.717) is 16.9 Å². The fourth-order valence-electron chi connectivity index (χ4n) is 2.77. The first-order valence-electron chi connectivity index (χ1n) is 8.94. The molecule has 1 amide bonds. The number of nitrogens with one attached hydrogen (secondary N) is 2. The molecule has 3 aromatic rings. The Bertz CT molecular complexity index is 1140. The molecule has 0 unspecified atom stereocenters. The zero-order valence-corrected chi connectivity index (χ0v) is 18.0. The zero-order chi connectivity index (χ0) is 21.0. The second-order valence-electron chi connectivity index (χ2n) is 6.64. The third-order valence-electron chi connectivity index (χ3n) is 4.37. The van der Waals surface area contributed by atoms with E-state index in [1.165, 1.54) is 6.07 Å². The lowest BCUT2D eigenvalue weighted by Crippen LogP contribution is -2.17. The molecule has 29 heavy (non-hydrogen) atoms. The lowest BCUT2D eigenvalue weighted by atomic mass is 10.1. The van der Waals surface area contributed by atoms with Crippen molar-refractivity contribution in [1.82, 2.24) is 0 Å². The Hall–Kier alpha value is -2.77. The Balaban J connectivity index is 1.86. The molecule has 0 radical (unpaired) electrons. The summed E-state index contributed by atoms with van der Waals surface area (Å²) in [6.07, 6.45) is 1.96. The number of aryl methyl sites for hydroxylation is 2. The van der Waals surface area contributed by atoms with Crippen molar-refractivity contribution in [3.63, 3.8) is 0 Å². The van der Waals surface area contributed by atoms with Gasteiger partial charge in [-0.2, -0.15) is 0 Å². The minimum Gasteiger partial charge on any atom is -0.322 e. The number of rotatable bonds is 6. The molecule has 3 rings (SSSR count). The molecule has 0 saturated carbocycles. The third kappa shape index (κ3) is 5.19. The Morgan fingerprint density at radius 3 is 2.31 bits per heavy atom. The van der Waals surface area contributed by atoms with Crippen LogP contribution in [0.2, 0.25) is 0 Å². The van der Waals surface area contributed by atoms with Crippen LogP contribution in [0.4, 0.5) is 11.4 Å².